The summed E-state index contributed by atoms with van der Waals surface area (Å²) in [4.78, 5) is 19.7. The normalized spacial score (nSPS) is 14.4. The highest BCUT2D eigenvalue weighted by molar-refractivity contribution is 8.14. The minimum Gasteiger partial charge on any atom is -0.351 e. The number of nitrogens with zero attached hydrogens (tertiary/aromatic N) is 2. The minimum absolute atomic E-state index is 0.0127. The molecule has 4 nitrogen and oxygen atoms in total. The first-order chi connectivity index (χ1) is 13.8. The second-order valence-corrected chi connectivity index (χ2v) is 7.73. The van der Waals surface area contributed by atoms with Crippen LogP contribution in [0.4, 0.5) is 11.4 Å². The summed E-state index contributed by atoms with van der Waals surface area (Å²) in [6.07, 6.45) is 2.35. The number of para-hydroxylation sites is 1. The lowest BCUT2D eigenvalue weighted by Crippen LogP contribution is -2.27. The van der Waals surface area contributed by atoms with Gasteiger partial charge < -0.3 is 10.2 Å². The third-order valence-electron chi connectivity index (χ3n) is 4.75. The van der Waals surface area contributed by atoms with Gasteiger partial charge in [-0.3, -0.25) is 4.79 Å². The van der Waals surface area contributed by atoms with E-state index in [1.807, 2.05) is 60.7 Å². The zero-order chi connectivity index (χ0) is 19.2. The minimum atomic E-state index is -0.0127. The van der Waals surface area contributed by atoms with E-state index in [-0.39, 0.29) is 5.91 Å². The smallest absolute Gasteiger partial charge is 0.234 e. The van der Waals surface area contributed by atoms with Crippen molar-refractivity contribution in [2.45, 2.75) is 12.8 Å². The van der Waals surface area contributed by atoms with Crippen LogP contribution in [0.15, 0.2) is 77.8 Å². The Hall–Kier alpha value is -2.79. The van der Waals surface area contributed by atoms with Gasteiger partial charge in [0.05, 0.1) is 11.4 Å². The van der Waals surface area contributed by atoms with E-state index in [0.29, 0.717) is 5.75 Å². The number of amides is 1. The quantitative estimate of drug-likeness (QED) is 0.487. The Kier molecular flexibility index (Phi) is 5.92. The Labute approximate surface area is 169 Å². The lowest BCUT2D eigenvalue weighted by Gasteiger charge is -2.19. The van der Waals surface area contributed by atoms with Crippen LogP contribution < -0.4 is 5.32 Å². The maximum absolute atomic E-state index is 12.6. The summed E-state index contributed by atoms with van der Waals surface area (Å²) < 4.78 is 0. The average Bonchev–Trinajstić information content (AvgIpc) is 3.27. The van der Waals surface area contributed by atoms with E-state index in [1.54, 1.807) is 0 Å². The average molecular weight is 390 g/mol. The largest absolute Gasteiger partial charge is 0.351 e. The fraction of sp³-hybridized carbons (Fsp3) is 0.217. The van der Waals surface area contributed by atoms with Crippen LogP contribution in [0.1, 0.15) is 12.8 Å². The number of aliphatic imine (C=N–C) groups is 1. The number of likely N-dealkylation sites (tertiary alicyclic amines) is 1. The number of amidine groups is 1. The molecule has 3 aromatic carbocycles. The van der Waals surface area contributed by atoms with Gasteiger partial charge in [0.2, 0.25) is 5.91 Å². The first kappa shape index (κ1) is 18.6. The SMILES string of the molecule is O=C(CSC(=Nc1ccccc1)N1CCCC1)Nc1cccc2ccccc12. The highest BCUT2D eigenvalue weighted by Crippen LogP contribution is 2.24. The van der Waals surface area contributed by atoms with E-state index in [4.69, 9.17) is 4.99 Å². The van der Waals surface area contributed by atoms with Crippen molar-refractivity contribution in [1.29, 1.82) is 0 Å². The highest BCUT2D eigenvalue weighted by atomic mass is 32.2. The van der Waals surface area contributed by atoms with Crippen LogP contribution in [-0.4, -0.2) is 34.8 Å². The summed E-state index contributed by atoms with van der Waals surface area (Å²) in [6.45, 7) is 2.01. The van der Waals surface area contributed by atoms with Gasteiger partial charge in [0.1, 0.15) is 0 Å². The molecule has 1 saturated heterocycles. The van der Waals surface area contributed by atoms with Gasteiger partial charge in [-0.05, 0) is 36.4 Å². The molecule has 1 fully saturated rings. The van der Waals surface area contributed by atoms with E-state index < -0.39 is 0 Å². The van der Waals surface area contributed by atoms with E-state index in [2.05, 4.69) is 22.3 Å². The van der Waals surface area contributed by atoms with Crippen molar-refractivity contribution in [1.82, 2.24) is 4.90 Å². The molecule has 0 aromatic heterocycles. The van der Waals surface area contributed by atoms with Gasteiger partial charge in [-0.1, -0.05) is 66.4 Å². The predicted octanol–water partition coefficient (Wildman–Crippen LogP) is 5.30. The highest BCUT2D eigenvalue weighted by Gasteiger charge is 2.18. The number of hydrogen-bond donors (Lipinski definition) is 1. The first-order valence-corrected chi connectivity index (χ1v) is 10.6. The molecule has 0 atom stereocenters. The third-order valence-corrected chi connectivity index (χ3v) is 5.77. The van der Waals surface area contributed by atoms with E-state index >= 15 is 0 Å². The van der Waals surface area contributed by atoms with Crippen LogP contribution in [-0.2, 0) is 4.79 Å². The topological polar surface area (TPSA) is 44.7 Å². The number of anilines is 1. The molecule has 4 rings (SSSR count). The summed E-state index contributed by atoms with van der Waals surface area (Å²) in [5, 5.41) is 6.17. The molecule has 0 bridgehead atoms. The number of carbonyl (C=O) groups is 1. The number of nitrogens with one attached hydrogen (secondary N) is 1. The maximum atomic E-state index is 12.6. The maximum Gasteiger partial charge on any atom is 0.234 e. The molecular weight excluding hydrogens is 366 g/mol. The number of rotatable bonds is 4. The van der Waals surface area contributed by atoms with Crippen LogP contribution >= 0.6 is 11.8 Å². The summed E-state index contributed by atoms with van der Waals surface area (Å²) >= 11 is 1.51. The van der Waals surface area contributed by atoms with Crippen molar-refractivity contribution >= 4 is 45.0 Å². The molecule has 0 saturated carbocycles. The molecule has 0 unspecified atom stereocenters. The van der Waals surface area contributed by atoms with E-state index in [0.717, 1.165) is 40.4 Å². The monoisotopic (exact) mass is 389 g/mol. The Bertz CT molecular complexity index is 976. The van der Waals surface area contributed by atoms with Gasteiger partial charge in [-0.15, -0.1) is 0 Å². The predicted molar refractivity (Wildman–Crippen MR) is 119 cm³/mol. The van der Waals surface area contributed by atoms with Crippen LogP contribution in [0.2, 0.25) is 0 Å². The number of fused-ring (bicyclic) bond motifs is 1. The standard InChI is InChI=1S/C23H23N3OS/c27-22(25-21-14-8-10-18-9-4-5-13-20(18)21)17-28-23(26-15-6-7-16-26)24-19-11-2-1-3-12-19/h1-5,8-14H,6-7,15-17H2,(H,25,27). The molecule has 0 spiro atoms. The fourth-order valence-electron chi connectivity index (χ4n) is 3.37. The van der Waals surface area contributed by atoms with Crippen molar-refractivity contribution in [3.63, 3.8) is 0 Å². The summed E-state index contributed by atoms with van der Waals surface area (Å²) in [6, 6.07) is 24.0. The summed E-state index contributed by atoms with van der Waals surface area (Å²) in [5.41, 5.74) is 1.78. The van der Waals surface area contributed by atoms with Crippen molar-refractivity contribution in [3.8, 4) is 0 Å². The zero-order valence-corrected chi connectivity index (χ0v) is 16.5. The first-order valence-electron chi connectivity index (χ1n) is 9.59. The molecule has 1 amide bonds. The van der Waals surface area contributed by atoms with Crippen molar-refractivity contribution in [2.24, 2.45) is 4.99 Å². The number of benzene rings is 3. The van der Waals surface area contributed by atoms with E-state index in [9.17, 15) is 4.79 Å². The van der Waals surface area contributed by atoms with Gasteiger partial charge in [0.25, 0.3) is 0 Å². The molecule has 28 heavy (non-hydrogen) atoms. The van der Waals surface area contributed by atoms with Crippen LogP contribution in [0.3, 0.4) is 0 Å². The second-order valence-electron chi connectivity index (χ2n) is 6.79. The van der Waals surface area contributed by atoms with Crippen molar-refractivity contribution in [2.75, 3.05) is 24.2 Å². The molecular formula is C23H23N3OS. The lowest BCUT2D eigenvalue weighted by atomic mass is 10.1. The number of thioether (sulfide) groups is 1. The molecule has 1 aliphatic heterocycles. The Balaban J connectivity index is 1.46. The van der Waals surface area contributed by atoms with Crippen LogP contribution in [0.5, 0.6) is 0 Å². The molecule has 0 radical (unpaired) electrons. The Morgan fingerprint density at radius 2 is 1.64 bits per heavy atom. The van der Waals surface area contributed by atoms with Gasteiger partial charge in [0.15, 0.2) is 5.17 Å². The third kappa shape index (κ3) is 4.54. The van der Waals surface area contributed by atoms with Crippen LogP contribution in [0.25, 0.3) is 10.8 Å². The fourth-order valence-corrected chi connectivity index (χ4v) is 4.23. The zero-order valence-electron chi connectivity index (χ0n) is 15.7. The molecule has 142 valence electrons. The molecule has 3 aromatic rings. The molecule has 0 aliphatic carbocycles. The van der Waals surface area contributed by atoms with Crippen LogP contribution in [0, 0.1) is 0 Å². The van der Waals surface area contributed by atoms with Gasteiger partial charge >= 0.3 is 0 Å². The summed E-state index contributed by atoms with van der Waals surface area (Å²) in [7, 11) is 0. The Morgan fingerprint density at radius 1 is 0.929 bits per heavy atom. The van der Waals surface area contributed by atoms with Gasteiger partial charge in [-0.25, -0.2) is 4.99 Å². The molecule has 1 N–H and O–H groups in total. The number of hydrogen-bond acceptors (Lipinski definition) is 3. The Morgan fingerprint density at radius 3 is 2.46 bits per heavy atom. The van der Waals surface area contributed by atoms with Gasteiger partial charge in [0, 0.05) is 24.2 Å². The molecule has 1 aliphatic rings. The summed E-state index contributed by atoms with van der Waals surface area (Å²) in [5.74, 6) is 0.326. The molecule has 1 heterocycles. The molecule has 5 heteroatoms. The van der Waals surface area contributed by atoms with E-state index in [1.165, 1.54) is 24.6 Å². The van der Waals surface area contributed by atoms with Crippen molar-refractivity contribution < 1.29 is 4.79 Å². The second kappa shape index (κ2) is 8.93. The van der Waals surface area contributed by atoms with Gasteiger partial charge in [-0.2, -0.15) is 0 Å². The lowest BCUT2D eigenvalue weighted by molar-refractivity contribution is -0.113. The number of carbonyl (C=O) groups excluding carboxylic acids is 1. The van der Waals surface area contributed by atoms with Crippen molar-refractivity contribution in [3.05, 3.63) is 72.8 Å².